The molecule has 21 heavy (non-hydrogen) atoms. The highest BCUT2D eigenvalue weighted by Crippen LogP contribution is 2.23. The van der Waals surface area contributed by atoms with Gasteiger partial charge < -0.3 is 15.0 Å². The zero-order chi connectivity index (χ0) is 15.4. The maximum atomic E-state index is 10.7. The van der Waals surface area contributed by atoms with Gasteiger partial charge in [0.25, 0.3) is 11.6 Å². The zero-order valence-electron chi connectivity index (χ0n) is 11.7. The van der Waals surface area contributed by atoms with E-state index in [0.717, 1.165) is 0 Å². The van der Waals surface area contributed by atoms with Crippen LogP contribution in [0.3, 0.4) is 0 Å². The summed E-state index contributed by atoms with van der Waals surface area (Å²) in [5, 5.41) is 14.5. The van der Waals surface area contributed by atoms with Crippen LogP contribution in [0.5, 0.6) is 0 Å². The Kier molecular flexibility index (Phi) is 4.61. The summed E-state index contributed by atoms with van der Waals surface area (Å²) in [4.78, 5) is 14.4. The van der Waals surface area contributed by atoms with Gasteiger partial charge in [-0.05, 0) is 19.9 Å². The van der Waals surface area contributed by atoms with E-state index in [1.54, 1.807) is 12.1 Å². The average molecular weight is 292 g/mol. The Morgan fingerprint density at radius 2 is 2.24 bits per heavy atom. The Bertz CT molecular complexity index is 626. The first-order valence-corrected chi connectivity index (χ1v) is 6.43. The molecule has 0 aliphatic carbocycles. The lowest BCUT2D eigenvalue weighted by Crippen LogP contribution is -2.20. The molecule has 0 saturated heterocycles. The molecule has 1 heterocycles. The second kappa shape index (κ2) is 6.42. The molecule has 0 radical (unpaired) electrons. The highest BCUT2D eigenvalue weighted by atomic mass is 16.6. The third-order valence-corrected chi connectivity index (χ3v) is 2.69. The van der Waals surface area contributed by atoms with Crippen molar-refractivity contribution in [2.75, 3.05) is 6.61 Å². The van der Waals surface area contributed by atoms with Gasteiger partial charge in [-0.15, -0.1) is 0 Å². The number of hydrogen-bond donors (Lipinski definition) is 1. The first-order valence-electron chi connectivity index (χ1n) is 6.43. The van der Waals surface area contributed by atoms with Crippen molar-refractivity contribution in [3.63, 3.8) is 0 Å². The summed E-state index contributed by atoms with van der Waals surface area (Å²) in [7, 11) is 0. The standard InChI is InChI=1S/C13H16N4O4/c1-8(2)20-7-11(14)12-15-13(21-16-12)9-4-3-5-10(6-9)17(18)19/h3-6,8,11H,7,14H2,1-2H3. The van der Waals surface area contributed by atoms with Crippen LogP contribution in [-0.2, 0) is 4.74 Å². The van der Waals surface area contributed by atoms with Gasteiger partial charge in [-0.3, -0.25) is 10.1 Å². The molecule has 112 valence electrons. The molecular weight excluding hydrogens is 276 g/mol. The van der Waals surface area contributed by atoms with Gasteiger partial charge in [0.2, 0.25) is 0 Å². The summed E-state index contributed by atoms with van der Waals surface area (Å²) in [6.07, 6.45) is 0.0548. The number of ether oxygens (including phenoxy) is 1. The number of non-ortho nitro benzene ring substituents is 1. The van der Waals surface area contributed by atoms with E-state index in [9.17, 15) is 10.1 Å². The molecule has 2 N–H and O–H groups in total. The molecule has 0 bridgehead atoms. The molecule has 0 fully saturated rings. The fourth-order valence-corrected chi connectivity index (χ4v) is 1.63. The Labute approximate surface area is 121 Å². The molecule has 1 unspecified atom stereocenters. The minimum Gasteiger partial charge on any atom is -0.377 e. The Morgan fingerprint density at radius 1 is 1.48 bits per heavy atom. The van der Waals surface area contributed by atoms with Crippen molar-refractivity contribution in [1.82, 2.24) is 10.1 Å². The minimum absolute atomic E-state index is 0.0420. The van der Waals surface area contributed by atoms with E-state index >= 15 is 0 Å². The molecule has 2 rings (SSSR count). The number of nitro benzene ring substituents is 1. The van der Waals surface area contributed by atoms with E-state index in [0.29, 0.717) is 11.4 Å². The van der Waals surface area contributed by atoms with Gasteiger partial charge in [-0.2, -0.15) is 4.98 Å². The molecule has 1 aromatic heterocycles. The quantitative estimate of drug-likeness (QED) is 0.639. The monoisotopic (exact) mass is 292 g/mol. The molecule has 1 aromatic carbocycles. The van der Waals surface area contributed by atoms with Gasteiger partial charge >= 0.3 is 0 Å². The Hall–Kier alpha value is -2.32. The van der Waals surface area contributed by atoms with Crippen molar-refractivity contribution in [2.24, 2.45) is 5.73 Å². The number of rotatable bonds is 6. The number of nitro groups is 1. The van der Waals surface area contributed by atoms with Crippen LogP contribution in [0.1, 0.15) is 25.7 Å². The predicted molar refractivity (Wildman–Crippen MR) is 74.4 cm³/mol. The van der Waals surface area contributed by atoms with Gasteiger partial charge in [0.05, 0.1) is 23.7 Å². The summed E-state index contributed by atoms with van der Waals surface area (Å²) < 4.78 is 10.5. The van der Waals surface area contributed by atoms with E-state index in [1.165, 1.54) is 12.1 Å². The van der Waals surface area contributed by atoms with Gasteiger partial charge in [0, 0.05) is 17.7 Å². The second-order valence-corrected chi connectivity index (χ2v) is 4.75. The van der Waals surface area contributed by atoms with Crippen LogP contribution in [0, 0.1) is 10.1 Å². The van der Waals surface area contributed by atoms with Crippen LogP contribution >= 0.6 is 0 Å². The van der Waals surface area contributed by atoms with E-state index in [4.69, 9.17) is 15.0 Å². The third-order valence-electron chi connectivity index (χ3n) is 2.69. The molecule has 2 aromatic rings. The summed E-state index contributed by atoms with van der Waals surface area (Å²) in [6, 6.07) is 5.46. The van der Waals surface area contributed by atoms with Gasteiger partial charge in [0.15, 0.2) is 5.82 Å². The molecule has 0 aliphatic rings. The van der Waals surface area contributed by atoms with Crippen LogP contribution in [0.4, 0.5) is 5.69 Å². The second-order valence-electron chi connectivity index (χ2n) is 4.75. The lowest BCUT2D eigenvalue weighted by molar-refractivity contribution is -0.384. The maximum Gasteiger partial charge on any atom is 0.270 e. The van der Waals surface area contributed by atoms with E-state index < -0.39 is 11.0 Å². The van der Waals surface area contributed by atoms with E-state index in [-0.39, 0.29) is 24.3 Å². The van der Waals surface area contributed by atoms with Crippen molar-refractivity contribution >= 4 is 5.69 Å². The van der Waals surface area contributed by atoms with Crippen LogP contribution in [0.15, 0.2) is 28.8 Å². The van der Waals surface area contributed by atoms with Crippen molar-refractivity contribution in [2.45, 2.75) is 26.0 Å². The van der Waals surface area contributed by atoms with E-state index in [2.05, 4.69) is 10.1 Å². The van der Waals surface area contributed by atoms with Crippen LogP contribution in [0.25, 0.3) is 11.5 Å². The number of aromatic nitrogens is 2. The summed E-state index contributed by atoms with van der Waals surface area (Å²) in [6.45, 7) is 4.07. The van der Waals surface area contributed by atoms with Crippen LogP contribution < -0.4 is 5.73 Å². The Balaban J connectivity index is 2.16. The lowest BCUT2D eigenvalue weighted by Gasteiger charge is -2.10. The average Bonchev–Trinajstić information content (AvgIpc) is 2.94. The maximum absolute atomic E-state index is 10.7. The SMILES string of the molecule is CC(C)OCC(N)c1noc(-c2cccc([N+](=O)[O-])c2)n1. The largest absolute Gasteiger partial charge is 0.377 e. The predicted octanol–water partition coefficient (Wildman–Crippen LogP) is 2.07. The van der Waals surface area contributed by atoms with Crippen molar-refractivity contribution < 1.29 is 14.2 Å². The van der Waals surface area contributed by atoms with Crippen molar-refractivity contribution in [1.29, 1.82) is 0 Å². The van der Waals surface area contributed by atoms with Crippen molar-refractivity contribution in [3.05, 3.63) is 40.2 Å². The third kappa shape index (κ3) is 3.83. The molecule has 0 amide bonds. The van der Waals surface area contributed by atoms with Gasteiger partial charge in [-0.1, -0.05) is 11.2 Å². The Morgan fingerprint density at radius 3 is 2.90 bits per heavy atom. The fraction of sp³-hybridized carbons (Fsp3) is 0.385. The number of nitrogens with two attached hydrogens (primary N) is 1. The fourth-order valence-electron chi connectivity index (χ4n) is 1.63. The molecular formula is C13H16N4O4. The molecule has 0 spiro atoms. The van der Waals surface area contributed by atoms with E-state index in [1.807, 2.05) is 13.8 Å². The smallest absolute Gasteiger partial charge is 0.270 e. The summed E-state index contributed by atoms with van der Waals surface area (Å²) in [5.41, 5.74) is 6.32. The van der Waals surface area contributed by atoms with Gasteiger partial charge in [0.1, 0.15) is 0 Å². The van der Waals surface area contributed by atoms with Crippen molar-refractivity contribution in [3.8, 4) is 11.5 Å². The molecule has 8 heteroatoms. The van der Waals surface area contributed by atoms with Gasteiger partial charge in [-0.25, -0.2) is 0 Å². The van der Waals surface area contributed by atoms with Crippen LogP contribution in [0.2, 0.25) is 0 Å². The van der Waals surface area contributed by atoms with Crippen LogP contribution in [-0.4, -0.2) is 27.8 Å². The first kappa shape index (κ1) is 15.1. The molecule has 8 nitrogen and oxygen atoms in total. The number of hydrogen-bond acceptors (Lipinski definition) is 7. The molecule has 0 aliphatic heterocycles. The lowest BCUT2D eigenvalue weighted by atomic mass is 10.2. The first-order chi connectivity index (χ1) is 9.97. The normalized spacial score (nSPS) is 12.6. The number of benzene rings is 1. The molecule has 0 saturated carbocycles. The molecule has 1 atom stereocenters. The highest BCUT2D eigenvalue weighted by Gasteiger charge is 2.17. The number of nitrogens with zero attached hydrogens (tertiary/aromatic N) is 3. The topological polar surface area (TPSA) is 117 Å². The highest BCUT2D eigenvalue weighted by molar-refractivity contribution is 5.57. The summed E-state index contributed by atoms with van der Waals surface area (Å²) >= 11 is 0. The minimum atomic E-state index is -0.511. The zero-order valence-corrected chi connectivity index (χ0v) is 11.7. The summed E-state index contributed by atoms with van der Waals surface area (Å²) in [5.74, 6) is 0.492.